The summed E-state index contributed by atoms with van der Waals surface area (Å²) in [5.41, 5.74) is 0.302. The molecule has 0 amide bonds. The van der Waals surface area contributed by atoms with E-state index in [4.69, 9.17) is 0 Å². The van der Waals surface area contributed by atoms with Crippen LogP contribution in [0.4, 0.5) is 5.69 Å². The molecule has 0 saturated carbocycles. The van der Waals surface area contributed by atoms with Gasteiger partial charge in [-0.25, -0.2) is 4.79 Å². The van der Waals surface area contributed by atoms with Crippen LogP contribution in [0.2, 0.25) is 0 Å². The van der Waals surface area contributed by atoms with Crippen molar-refractivity contribution in [3.05, 3.63) is 71.5 Å². The molecule has 7 heteroatoms. The van der Waals surface area contributed by atoms with Crippen molar-refractivity contribution in [2.24, 2.45) is 0 Å². The predicted octanol–water partition coefficient (Wildman–Crippen LogP) is 1.76. The van der Waals surface area contributed by atoms with E-state index in [9.17, 15) is 19.7 Å². The van der Waals surface area contributed by atoms with Crippen LogP contribution in [0, 0.1) is 24.0 Å². The average Bonchev–Trinajstić information content (AvgIpc) is 2.36. The standard InChI is InChI=1S/C14H13N3O4/c1-8-3-4-10(9(2)7-8)5-6-11-12(17(20)21)13(18)16-14(19)15-11/h3-7H,1-2H3,(H2,15,16,18,19). The fourth-order valence-electron chi connectivity index (χ4n) is 1.98. The summed E-state index contributed by atoms with van der Waals surface area (Å²) in [6, 6.07) is 5.73. The highest BCUT2D eigenvalue weighted by Crippen LogP contribution is 2.16. The number of nitrogens with one attached hydrogen (secondary N) is 2. The zero-order chi connectivity index (χ0) is 15.6. The number of hydrogen-bond acceptors (Lipinski definition) is 4. The Balaban J connectivity index is 2.53. The fourth-order valence-corrected chi connectivity index (χ4v) is 1.98. The van der Waals surface area contributed by atoms with E-state index in [2.05, 4.69) is 4.98 Å². The van der Waals surface area contributed by atoms with Crippen molar-refractivity contribution in [2.45, 2.75) is 13.8 Å². The maximum atomic E-state index is 11.5. The first kappa shape index (κ1) is 14.4. The molecule has 1 aromatic heterocycles. The molecule has 0 aliphatic heterocycles. The zero-order valence-electron chi connectivity index (χ0n) is 11.5. The first-order valence-electron chi connectivity index (χ1n) is 6.15. The van der Waals surface area contributed by atoms with E-state index in [1.54, 1.807) is 6.08 Å². The number of aryl methyl sites for hydroxylation is 2. The van der Waals surface area contributed by atoms with Crippen LogP contribution in [-0.2, 0) is 0 Å². The van der Waals surface area contributed by atoms with E-state index in [0.717, 1.165) is 16.7 Å². The van der Waals surface area contributed by atoms with Gasteiger partial charge in [0.15, 0.2) is 0 Å². The number of H-pyrrole nitrogens is 2. The van der Waals surface area contributed by atoms with Crippen LogP contribution in [0.1, 0.15) is 22.4 Å². The maximum Gasteiger partial charge on any atom is 0.357 e. The third kappa shape index (κ3) is 3.14. The molecule has 0 aliphatic rings. The zero-order valence-corrected chi connectivity index (χ0v) is 11.5. The molecule has 2 rings (SSSR count). The maximum absolute atomic E-state index is 11.5. The third-order valence-electron chi connectivity index (χ3n) is 2.98. The molecule has 0 bridgehead atoms. The summed E-state index contributed by atoms with van der Waals surface area (Å²) >= 11 is 0. The molecular weight excluding hydrogens is 274 g/mol. The number of hydrogen-bond donors (Lipinski definition) is 2. The summed E-state index contributed by atoms with van der Waals surface area (Å²) in [5.74, 6) is 0. The lowest BCUT2D eigenvalue weighted by Gasteiger charge is -2.01. The van der Waals surface area contributed by atoms with Crippen LogP contribution in [0.3, 0.4) is 0 Å². The highest BCUT2D eigenvalue weighted by molar-refractivity contribution is 5.72. The molecule has 0 saturated heterocycles. The number of aromatic amines is 2. The van der Waals surface area contributed by atoms with E-state index in [1.165, 1.54) is 6.08 Å². The van der Waals surface area contributed by atoms with Gasteiger partial charge in [0.05, 0.1) is 4.92 Å². The Bertz CT molecular complexity index is 846. The molecule has 1 heterocycles. The molecule has 0 spiro atoms. The number of nitrogens with zero attached hydrogens (tertiary/aromatic N) is 1. The molecule has 2 aromatic rings. The molecule has 21 heavy (non-hydrogen) atoms. The minimum atomic E-state index is -1.02. The van der Waals surface area contributed by atoms with Gasteiger partial charge in [0.25, 0.3) is 0 Å². The molecular formula is C14H13N3O4. The average molecular weight is 287 g/mol. The van der Waals surface area contributed by atoms with Gasteiger partial charge in [-0.1, -0.05) is 29.8 Å². The van der Waals surface area contributed by atoms with Gasteiger partial charge in [-0.2, -0.15) is 0 Å². The number of aromatic nitrogens is 2. The molecule has 0 aliphatic carbocycles. The lowest BCUT2D eigenvalue weighted by Crippen LogP contribution is -2.25. The Hall–Kier alpha value is -2.96. The van der Waals surface area contributed by atoms with E-state index in [-0.39, 0.29) is 5.69 Å². The van der Waals surface area contributed by atoms with Gasteiger partial charge < -0.3 is 4.98 Å². The molecule has 2 N–H and O–H groups in total. The second kappa shape index (κ2) is 5.58. The van der Waals surface area contributed by atoms with Crippen LogP contribution in [0.25, 0.3) is 12.2 Å². The van der Waals surface area contributed by atoms with Gasteiger partial charge in [-0.3, -0.25) is 19.9 Å². The highest BCUT2D eigenvalue weighted by atomic mass is 16.6. The monoisotopic (exact) mass is 287 g/mol. The minimum absolute atomic E-state index is 0.131. The quantitative estimate of drug-likeness (QED) is 0.662. The van der Waals surface area contributed by atoms with E-state index < -0.39 is 21.9 Å². The van der Waals surface area contributed by atoms with Gasteiger partial charge in [0, 0.05) is 0 Å². The van der Waals surface area contributed by atoms with Crippen molar-refractivity contribution in [3.8, 4) is 0 Å². The summed E-state index contributed by atoms with van der Waals surface area (Å²) in [5, 5.41) is 10.9. The summed E-state index contributed by atoms with van der Waals surface area (Å²) in [7, 11) is 0. The van der Waals surface area contributed by atoms with Crippen LogP contribution in [0.15, 0.2) is 27.8 Å². The molecule has 108 valence electrons. The Morgan fingerprint density at radius 3 is 2.48 bits per heavy atom. The summed E-state index contributed by atoms with van der Waals surface area (Å²) < 4.78 is 0. The second-order valence-electron chi connectivity index (χ2n) is 4.62. The predicted molar refractivity (Wildman–Crippen MR) is 79.2 cm³/mol. The third-order valence-corrected chi connectivity index (χ3v) is 2.98. The summed E-state index contributed by atoms with van der Waals surface area (Å²) in [6.07, 6.45) is 2.97. The molecule has 0 fully saturated rings. The van der Waals surface area contributed by atoms with E-state index >= 15 is 0 Å². The topological polar surface area (TPSA) is 109 Å². The van der Waals surface area contributed by atoms with Crippen LogP contribution < -0.4 is 11.2 Å². The van der Waals surface area contributed by atoms with Crippen LogP contribution in [0.5, 0.6) is 0 Å². The summed E-state index contributed by atoms with van der Waals surface area (Å²) in [6.45, 7) is 3.86. The van der Waals surface area contributed by atoms with Crippen LogP contribution in [-0.4, -0.2) is 14.9 Å². The van der Waals surface area contributed by atoms with Crippen molar-refractivity contribution >= 4 is 17.8 Å². The number of benzene rings is 1. The van der Waals surface area contributed by atoms with E-state index in [0.29, 0.717) is 0 Å². The fraction of sp³-hybridized carbons (Fsp3) is 0.143. The van der Waals surface area contributed by atoms with Crippen molar-refractivity contribution in [1.29, 1.82) is 0 Å². The Kier molecular flexibility index (Phi) is 3.84. The van der Waals surface area contributed by atoms with Crippen molar-refractivity contribution in [1.82, 2.24) is 9.97 Å². The lowest BCUT2D eigenvalue weighted by molar-refractivity contribution is -0.386. The van der Waals surface area contributed by atoms with Gasteiger partial charge in [-0.05, 0) is 31.1 Å². The van der Waals surface area contributed by atoms with Gasteiger partial charge in [-0.15, -0.1) is 0 Å². The second-order valence-corrected chi connectivity index (χ2v) is 4.62. The highest BCUT2D eigenvalue weighted by Gasteiger charge is 2.18. The molecule has 0 atom stereocenters. The lowest BCUT2D eigenvalue weighted by atomic mass is 10.1. The first-order valence-corrected chi connectivity index (χ1v) is 6.15. The molecule has 0 unspecified atom stereocenters. The van der Waals surface area contributed by atoms with E-state index in [1.807, 2.05) is 37.0 Å². The summed E-state index contributed by atoms with van der Waals surface area (Å²) in [4.78, 5) is 36.9. The Labute approximate surface area is 119 Å². The van der Waals surface area contributed by atoms with Crippen molar-refractivity contribution < 1.29 is 4.92 Å². The Morgan fingerprint density at radius 2 is 1.86 bits per heavy atom. The van der Waals surface area contributed by atoms with Gasteiger partial charge in [0.1, 0.15) is 5.69 Å². The smallest absolute Gasteiger partial charge is 0.301 e. The largest absolute Gasteiger partial charge is 0.357 e. The van der Waals surface area contributed by atoms with Crippen LogP contribution >= 0.6 is 0 Å². The number of nitro groups is 1. The molecule has 7 nitrogen and oxygen atoms in total. The van der Waals surface area contributed by atoms with Crippen molar-refractivity contribution in [3.63, 3.8) is 0 Å². The Morgan fingerprint density at radius 1 is 1.14 bits per heavy atom. The minimum Gasteiger partial charge on any atom is -0.301 e. The SMILES string of the molecule is Cc1ccc(C=Cc2[nH]c(=O)[nH]c(=O)c2[N+](=O)[O-])c(C)c1. The van der Waals surface area contributed by atoms with Gasteiger partial charge >= 0.3 is 16.9 Å². The molecule has 0 radical (unpaired) electrons. The molecule has 1 aromatic carbocycles. The normalized spacial score (nSPS) is 11.0. The van der Waals surface area contributed by atoms with Gasteiger partial charge in [0.2, 0.25) is 0 Å². The number of rotatable bonds is 3. The first-order chi connectivity index (χ1) is 9.88. The van der Waals surface area contributed by atoms with Crippen molar-refractivity contribution in [2.75, 3.05) is 0 Å².